The highest BCUT2D eigenvalue weighted by Gasteiger charge is 2.67. The summed E-state index contributed by atoms with van der Waals surface area (Å²) in [6.07, 6.45) is 5.48. The average molecular weight is 768 g/mol. The number of hydrogen-bond acceptors (Lipinski definition) is 6. The van der Waals surface area contributed by atoms with Crippen molar-refractivity contribution >= 4 is 37.5 Å². The minimum absolute atomic E-state index is 0.129. The van der Waals surface area contributed by atoms with E-state index in [-0.39, 0.29) is 37.3 Å². The Hall–Kier alpha value is -4.58. The molecule has 0 bridgehead atoms. The van der Waals surface area contributed by atoms with E-state index in [4.69, 9.17) is 9.47 Å². The first kappa shape index (κ1) is 40.1. The van der Waals surface area contributed by atoms with Gasteiger partial charge in [-0.15, -0.1) is 0 Å². The van der Waals surface area contributed by atoms with Crippen LogP contribution in [0.5, 0.6) is 5.75 Å². The van der Waals surface area contributed by atoms with Gasteiger partial charge in [-0.05, 0) is 107 Å². The molecule has 3 aliphatic rings. The van der Waals surface area contributed by atoms with E-state index in [0.29, 0.717) is 41.2 Å². The molecular weight excluding hydrogens is 714 g/mol. The average Bonchev–Trinajstić information content (AvgIpc) is 3.58. The van der Waals surface area contributed by atoms with Gasteiger partial charge in [0.2, 0.25) is 14.3 Å². The van der Waals surface area contributed by atoms with E-state index >= 15 is 4.11 Å². The van der Waals surface area contributed by atoms with Gasteiger partial charge in [0.1, 0.15) is 5.75 Å². The van der Waals surface area contributed by atoms with Gasteiger partial charge in [0, 0.05) is 41.4 Å². The Balaban J connectivity index is 1.36. The van der Waals surface area contributed by atoms with Crippen molar-refractivity contribution in [3.8, 4) is 5.75 Å². The van der Waals surface area contributed by atoms with Gasteiger partial charge in [0.05, 0.1) is 38.0 Å². The summed E-state index contributed by atoms with van der Waals surface area (Å²) in [7, 11) is -2.02. The number of halogens is 1. The molecule has 2 N–H and O–H groups in total. The van der Waals surface area contributed by atoms with Gasteiger partial charge in [-0.3, -0.25) is 14.4 Å². The van der Waals surface area contributed by atoms with Crippen LogP contribution < -0.4 is 15.0 Å². The highest BCUT2D eigenvalue weighted by molar-refractivity contribution is 6.72. The number of amides is 3. The fourth-order valence-electron chi connectivity index (χ4n) is 8.72. The molecule has 3 aromatic rings. The number of anilines is 2. The van der Waals surface area contributed by atoms with Gasteiger partial charge >= 0.3 is 0 Å². The first-order valence-corrected chi connectivity index (χ1v) is 22.2. The number of ether oxygens (including phenoxy) is 2. The van der Waals surface area contributed by atoms with Gasteiger partial charge in [0.15, 0.2) is 5.60 Å². The van der Waals surface area contributed by atoms with Gasteiger partial charge in [-0.2, -0.15) is 0 Å². The first-order chi connectivity index (χ1) is 26.2. The largest absolute Gasteiger partial charge is 0.497 e. The third kappa shape index (κ3) is 8.06. The van der Waals surface area contributed by atoms with Crippen LogP contribution in [0.2, 0.25) is 18.6 Å². The lowest BCUT2D eigenvalue weighted by molar-refractivity contribution is -0.150. The van der Waals surface area contributed by atoms with E-state index in [0.717, 1.165) is 29.5 Å². The predicted octanol–water partition coefficient (Wildman–Crippen LogP) is 8.10. The van der Waals surface area contributed by atoms with Crippen molar-refractivity contribution in [3.63, 3.8) is 0 Å². The van der Waals surface area contributed by atoms with Crippen LogP contribution in [-0.4, -0.2) is 68.5 Å². The summed E-state index contributed by atoms with van der Waals surface area (Å²) >= 11 is 0. The molecule has 1 spiro atoms. The third-order valence-electron chi connectivity index (χ3n) is 11.5. The number of allylic oxidation sites excluding steroid dienone is 3. The molecule has 292 valence electrons. The molecule has 3 aliphatic heterocycles. The number of carbonyl (C=O) groups excluding carboxylic acids is 3. The molecule has 6 rings (SSSR count). The maximum atomic E-state index is 16.7. The van der Waals surface area contributed by atoms with Crippen molar-refractivity contribution in [1.82, 2.24) is 4.90 Å². The SMILES string of the molecule is COc1ccc(C(=O)Nc2ccc3c(c2)[C@]2(O[C@@H](CC(=O)N4Cc5ccccc5C[C@H]4CO)[C@H]([Si](C)(C)F)[C@H]2C)C(=O)N3C/C=C(\C)CCC=C(C)C)cc1. The van der Waals surface area contributed by atoms with Crippen molar-refractivity contribution in [2.75, 3.05) is 30.5 Å². The van der Waals surface area contributed by atoms with Gasteiger partial charge < -0.3 is 33.8 Å². The summed E-state index contributed by atoms with van der Waals surface area (Å²) in [5, 5.41) is 13.3. The number of benzene rings is 3. The fraction of sp³-hybridized carbons (Fsp3) is 0.432. The van der Waals surface area contributed by atoms with Crippen molar-refractivity contribution in [3.05, 3.63) is 112 Å². The summed E-state index contributed by atoms with van der Waals surface area (Å²) in [5.41, 5.74) is 4.27. The molecule has 0 aliphatic carbocycles. The Morgan fingerprint density at radius 1 is 1.05 bits per heavy atom. The Morgan fingerprint density at radius 2 is 1.76 bits per heavy atom. The van der Waals surface area contributed by atoms with Crippen molar-refractivity contribution < 1.29 is 33.1 Å². The lowest BCUT2D eigenvalue weighted by atomic mass is 9.82. The monoisotopic (exact) mass is 767 g/mol. The minimum atomic E-state index is -3.58. The van der Waals surface area contributed by atoms with Crippen LogP contribution in [0.1, 0.15) is 74.0 Å². The summed E-state index contributed by atoms with van der Waals surface area (Å²) < 4.78 is 28.9. The Kier molecular flexibility index (Phi) is 11.8. The number of nitrogens with one attached hydrogen (secondary N) is 1. The maximum Gasteiger partial charge on any atom is 0.264 e. The molecule has 0 radical (unpaired) electrons. The van der Waals surface area contributed by atoms with Gasteiger partial charge in [-0.1, -0.05) is 54.5 Å². The molecule has 1 fully saturated rings. The normalized spacial score (nSPS) is 23.4. The standard InChI is InChI=1S/C44H54FN3O6Si/c1-28(2)11-10-12-29(3)21-22-47-38-20-17-34(46-42(51)31-15-18-36(53-5)19-16-31)24-37(38)44(43(47)52)30(4)41(55(6,7)45)39(54-44)25-40(50)48-26-33-14-9-8-13-32(33)23-35(48)27-49/h8-9,11,13-21,24,30,35,39,41,49H,10,12,22-23,25-27H2,1-7H3,(H,46,51)/b29-21+/t30-,35+,39+,41-,44+/m1/s1. The van der Waals surface area contributed by atoms with E-state index in [9.17, 15) is 19.5 Å². The molecule has 3 aromatic carbocycles. The Labute approximate surface area is 325 Å². The quantitative estimate of drug-likeness (QED) is 0.110. The molecular formula is C44H54FN3O6Si. The molecule has 3 amide bonds. The molecule has 0 unspecified atom stereocenters. The van der Waals surface area contributed by atoms with Crippen LogP contribution in [0.3, 0.4) is 0 Å². The zero-order valence-corrected chi connectivity index (χ0v) is 34.0. The van der Waals surface area contributed by atoms with Crippen LogP contribution in [0.15, 0.2) is 90.0 Å². The number of methoxy groups -OCH3 is 1. The summed E-state index contributed by atoms with van der Waals surface area (Å²) in [4.78, 5) is 46.0. The number of aliphatic hydroxyl groups is 1. The van der Waals surface area contributed by atoms with Crippen molar-refractivity contribution in [2.45, 2.75) is 96.3 Å². The highest BCUT2D eigenvalue weighted by atomic mass is 28.4. The van der Waals surface area contributed by atoms with Crippen LogP contribution in [0.4, 0.5) is 15.5 Å². The molecule has 9 nitrogen and oxygen atoms in total. The second kappa shape index (κ2) is 16.3. The number of rotatable bonds is 12. The third-order valence-corrected chi connectivity index (χ3v) is 14.0. The number of nitrogens with zero attached hydrogens (tertiary/aromatic N) is 2. The van der Waals surface area contributed by atoms with Crippen molar-refractivity contribution in [2.24, 2.45) is 5.92 Å². The van der Waals surface area contributed by atoms with Crippen molar-refractivity contribution in [1.29, 1.82) is 0 Å². The first-order valence-electron chi connectivity index (χ1n) is 19.2. The molecule has 1 saturated heterocycles. The zero-order chi connectivity index (χ0) is 39.7. The number of fused-ring (bicyclic) bond motifs is 3. The molecule has 11 heteroatoms. The van der Waals surface area contributed by atoms with E-state index in [1.165, 1.54) is 5.57 Å². The van der Waals surface area contributed by atoms with Crippen LogP contribution in [0.25, 0.3) is 0 Å². The second-order valence-corrected chi connectivity index (χ2v) is 19.8. The second-order valence-electron chi connectivity index (χ2n) is 16.0. The number of aliphatic hydroxyl groups excluding tert-OH is 1. The smallest absolute Gasteiger partial charge is 0.264 e. The maximum absolute atomic E-state index is 16.7. The lowest BCUT2D eigenvalue weighted by Crippen LogP contribution is -2.48. The molecule has 5 atom stereocenters. The van der Waals surface area contributed by atoms with E-state index in [2.05, 4.69) is 32.2 Å². The van der Waals surface area contributed by atoms with Crippen LogP contribution >= 0.6 is 0 Å². The Morgan fingerprint density at radius 3 is 2.42 bits per heavy atom. The topological polar surface area (TPSA) is 108 Å². The molecule has 3 heterocycles. The van der Waals surface area contributed by atoms with E-state index in [1.807, 2.05) is 43.3 Å². The number of carbonyl (C=O) groups is 3. The minimum Gasteiger partial charge on any atom is -0.497 e. The molecule has 55 heavy (non-hydrogen) atoms. The van der Waals surface area contributed by atoms with E-state index < -0.39 is 37.6 Å². The molecule has 0 saturated carbocycles. The Bertz CT molecular complexity index is 1990. The predicted molar refractivity (Wildman–Crippen MR) is 216 cm³/mol. The lowest BCUT2D eigenvalue weighted by Gasteiger charge is -2.37. The van der Waals surface area contributed by atoms with Gasteiger partial charge in [-0.25, -0.2) is 0 Å². The van der Waals surface area contributed by atoms with Crippen LogP contribution in [0, 0.1) is 5.92 Å². The van der Waals surface area contributed by atoms with Crippen LogP contribution in [-0.2, 0) is 32.9 Å². The number of hydrogen-bond donors (Lipinski definition) is 2. The summed E-state index contributed by atoms with van der Waals surface area (Å²) in [6.45, 7) is 11.7. The summed E-state index contributed by atoms with van der Waals surface area (Å²) in [5.74, 6) is -0.890. The zero-order valence-electron chi connectivity index (χ0n) is 33.0. The summed E-state index contributed by atoms with van der Waals surface area (Å²) in [6, 6.07) is 19.6. The van der Waals surface area contributed by atoms with E-state index in [1.54, 1.807) is 66.4 Å². The fourth-order valence-corrected chi connectivity index (χ4v) is 11.2. The van der Waals surface area contributed by atoms with Gasteiger partial charge in [0.25, 0.3) is 11.8 Å². The highest BCUT2D eigenvalue weighted by Crippen LogP contribution is 2.60. The molecule has 0 aromatic heterocycles.